The summed E-state index contributed by atoms with van der Waals surface area (Å²) < 4.78 is 0. The van der Waals surface area contributed by atoms with Gasteiger partial charge in [-0.25, -0.2) is 4.98 Å². The largest absolute Gasteiger partial charge is 0.392 e. The van der Waals surface area contributed by atoms with Crippen molar-refractivity contribution in [3.05, 3.63) is 16.1 Å². The molecule has 0 aliphatic rings. The Morgan fingerprint density at radius 3 is 2.35 bits per heavy atom. The van der Waals surface area contributed by atoms with Gasteiger partial charge in [-0.15, -0.1) is 11.3 Å². The van der Waals surface area contributed by atoms with E-state index in [4.69, 9.17) is 0 Å². The fourth-order valence-corrected chi connectivity index (χ4v) is 2.11. The number of nitrogens with one attached hydrogen (secondary N) is 1. The average Bonchev–Trinajstić information content (AvgIpc) is 2.62. The van der Waals surface area contributed by atoms with E-state index < -0.39 is 0 Å². The van der Waals surface area contributed by atoms with Gasteiger partial charge in [0.1, 0.15) is 0 Å². The summed E-state index contributed by atoms with van der Waals surface area (Å²) in [5, 5.41) is 14.1. The van der Waals surface area contributed by atoms with Crippen molar-refractivity contribution >= 4 is 11.3 Å². The maximum atomic E-state index is 9.62. The van der Waals surface area contributed by atoms with Gasteiger partial charge in [0.05, 0.1) is 11.1 Å². The summed E-state index contributed by atoms with van der Waals surface area (Å²) in [7, 11) is 0. The zero-order valence-electron chi connectivity index (χ0n) is 11.7. The molecule has 1 atom stereocenters. The van der Waals surface area contributed by atoms with E-state index in [0.717, 1.165) is 11.6 Å². The lowest BCUT2D eigenvalue weighted by Gasteiger charge is -2.29. The molecule has 0 radical (unpaired) electrons. The summed E-state index contributed by atoms with van der Waals surface area (Å²) in [5.74, 6) is 0. The third kappa shape index (κ3) is 4.05. The summed E-state index contributed by atoms with van der Waals surface area (Å²) >= 11 is 1.74. The number of thiazole rings is 1. The normalized spacial score (nSPS) is 15.0. The molecule has 17 heavy (non-hydrogen) atoms. The van der Waals surface area contributed by atoms with Crippen LogP contribution in [0.2, 0.25) is 0 Å². The van der Waals surface area contributed by atoms with Crippen molar-refractivity contribution in [3.8, 4) is 0 Å². The van der Waals surface area contributed by atoms with Crippen molar-refractivity contribution in [2.75, 3.05) is 0 Å². The molecule has 4 heteroatoms. The van der Waals surface area contributed by atoms with Gasteiger partial charge in [0.2, 0.25) is 0 Å². The second-order valence-corrected chi connectivity index (χ2v) is 7.25. The molecule has 0 saturated heterocycles. The number of nitrogens with zero attached hydrogens (tertiary/aromatic N) is 1. The molecule has 0 bridgehead atoms. The molecule has 1 heterocycles. The molecule has 0 aliphatic carbocycles. The van der Waals surface area contributed by atoms with Crippen LogP contribution in [0.4, 0.5) is 0 Å². The Kier molecular flexibility index (Phi) is 4.33. The quantitative estimate of drug-likeness (QED) is 0.870. The minimum Gasteiger partial charge on any atom is -0.392 e. The monoisotopic (exact) mass is 256 g/mol. The Balaban J connectivity index is 2.63. The number of aromatic nitrogens is 1. The molecule has 1 rings (SSSR count). The van der Waals surface area contributed by atoms with Crippen LogP contribution in [0.3, 0.4) is 0 Å². The zero-order valence-corrected chi connectivity index (χ0v) is 12.5. The van der Waals surface area contributed by atoms with Gasteiger partial charge in [0.15, 0.2) is 0 Å². The highest BCUT2D eigenvalue weighted by atomic mass is 32.1. The van der Waals surface area contributed by atoms with E-state index in [0.29, 0.717) is 0 Å². The van der Waals surface area contributed by atoms with Crippen LogP contribution in [-0.2, 0) is 12.0 Å². The Morgan fingerprint density at radius 2 is 1.94 bits per heavy atom. The van der Waals surface area contributed by atoms with Gasteiger partial charge in [-0.2, -0.15) is 0 Å². The highest BCUT2D eigenvalue weighted by Gasteiger charge is 2.24. The molecule has 3 nitrogen and oxygen atoms in total. The molecule has 0 saturated carbocycles. The first-order valence-corrected chi connectivity index (χ1v) is 6.83. The molecular formula is C13H24N2OS. The van der Waals surface area contributed by atoms with Crippen molar-refractivity contribution in [2.45, 2.75) is 65.1 Å². The summed E-state index contributed by atoms with van der Waals surface area (Å²) in [6.45, 7) is 13.1. The van der Waals surface area contributed by atoms with Gasteiger partial charge in [0, 0.05) is 28.6 Å². The highest BCUT2D eigenvalue weighted by Crippen LogP contribution is 2.27. The molecule has 0 fully saturated rings. The van der Waals surface area contributed by atoms with E-state index >= 15 is 0 Å². The van der Waals surface area contributed by atoms with Gasteiger partial charge in [-0.3, -0.25) is 0 Å². The van der Waals surface area contributed by atoms with E-state index in [1.54, 1.807) is 18.3 Å². The van der Waals surface area contributed by atoms with Crippen molar-refractivity contribution in [1.29, 1.82) is 0 Å². The third-order valence-corrected chi connectivity index (χ3v) is 4.38. The zero-order chi connectivity index (χ0) is 13.3. The number of aliphatic hydroxyl groups excluding tert-OH is 1. The van der Waals surface area contributed by atoms with Crippen LogP contribution in [-0.4, -0.2) is 21.7 Å². The Bertz CT molecular complexity index is 364. The Morgan fingerprint density at radius 1 is 1.35 bits per heavy atom. The standard InChI is InChI=1S/C13H24N2OS/c1-9(16)13(5,6)15-8-10-7-14-11(17-10)12(2,3)4/h7,9,15-16H,8H2,1-6H3. The lowest BCUT2D eigenvalue weighted by molar-refractivity contribution is 0.0958. The molecule has 0 amide bonds. The summed E-state index contributed by atoms with van der Waals surface area (Å²) in [6.07, 6.45) is 1.55. The molecule has 1 aromatic heterocycles. The van der Waals surface area contributed by atoms with Crippen LogP contribution in [0.15, 0.2) is 6.20 Å². The molecule has 0 aliphatic heterocycles. The van der Waals surface area contributed by atoms with Crippen molar-refractivity contribution in [1.82, 2.24) is 10.3 Å². The van der Waals surface area contributed by atoms with Crippen LogP contribution in [0, 0.1) is 0 Å². The molecule has 1 aromatic rings. The van der Waals surface area contributed by atoms with Gasteiger partial charge >= 0.3 is 0 Å². The maximum absolute atomic E-state index is 9.62. The SMILES string of the molecule is CC(O)C(C)(C)NCc1cnc(C(C)(C)C)s1. The first-order chi connectivity index (χ1) is 7.63. The molecule has 0 aromatic carbocycles. The van der Waals surface area contributed by atoms with Gasteiger partial charge in [0.25, 0.3) is 0 Å². The van der Waals surface area contributed by atoms with E-state index in [2.05, 4.69) is 31.1 Å². The fraction of sp³-hybridized carbons (Fsp3) is 0.769. The number of aliphatic hydroxyl groups is 1. The molecule has 0 spiro atoms. The van der Waals surface area contributed by atoms with E-state index in [-0.39, 0.29) is 17.1 Å². The van der Waals surface area contributed by atoms with Gasteiger partial charge in [-0.1, -0.05) is 20.8 Å². The first kappa shape index (κ1) is 14.6. The van der Waals surface area contributed by atoms with Crippen LogP contribution in [0.1, 0.15) is 51.4 Å². The van der Waals surface area contributed by atoms with E-state index in [9.17, 15) is 5.11 Å². The lowest BCUT2D eigenvalue weighted by Crippen LogP contribution is -2.47. The second kappa shape index (κ2) is 5.04. The predicted molar refractivity (Wildman–Crippen MR) is 73.4 cm³/mol. The minimum atomic E-state index is -0.377. The summed E-state index contributed by atoms with van der Waals surface area (Å²) in [4.78, 5) is 5.66. The Labute approximate surface area is 108 Å². The third-order valence-electron chi connectivity index (χ3n) is 2.96. The van der Waals surface area contributed by atoms with Crippen LogP contribution < -0.4 is 5.32 Å². The molecule has 2 N–H and O–H groups in total. The molecule has 98 valence electrons. The van der Waals surface area contributed by atoms with Crippen LogP contribution in [0.25, 0.3) is 0 Å². The van der Waals surface area contributed by atoms with E-state index in [1.807, 2.05) is 20.0 Å². The Hall–Kier alpha value is -0.450. The highest BCUT2D eigenvalue weighted by molar-refractivity contribution is 7.11. The lowest BCUT2D eigenvalue weighted by atomic mass is 9.98. The maximum Gasteiger partial charge on any atom is 0.0981 e. The topological polar surface area (TPSA) is 45.1 Å². The van der Waals surface area contributed by atoms with Crippen molar-refractivity contribution < 1.29 is 5.11 Å². The molecular weight excluding hydrogens is 232 g/mol. The van der Waals surface area contributed by atoms with Gasteiger partial charge in [-0.05, 0) is 20.8 Å². The minimum absolute atomic E-state index is 0.114. The van der Waals surface area contributed by atoms with Crippen LogP contribution >= 0.6 is 11.3 Å². The van der Waals surface area contributed by atoms with Crippen molar-refractivity contribution in [3.63, 3.8) is 0 Å². The number of rotatable bonds is 4. The average molecular weight is 256 g/mol. The van der Waals surface area contributed by atoms with Crippen LogP contribution in [0.5, 0.6) is 0 Å². The molecule has 1 unspecified atom stereocenters. The number of hydrogen-bond acceptors (Lipinski definition) is 4. The summed E-state index contributed by atoms with van der Waals surface area (Å²) in [6, 6.07) is 0. The number of hydrogen-bond donors (Lipinski definition) is 2. The van der Waals surface area contributed by atoms with Crippen molar-refractivity contribution in [2.24, 2.45) is 0 Å². The second-order valence-electron chi connectivity index (χ2n) is 6.13. The van der Waals surface area contributed by atoms with E-state index in [1.165, 1.54) is 4.88 Å². The fourth-order valence-electron chi connectivity index (χ4n) is 1.20. The predicted octanol–water partition coefficient (Wildman–Crippen LogP) is 2.69. The first-order valence-electron chi connectivity index (χ1n) is 6.01. The smallest absolute Gasteiger partial charge is 0.0981 e. The summed E-state index contributed by atoms with van der Waals surface area (Å²) in [5.41, 5.74) is -0.158. The van der Waals surface area contributed by atoms with Gasteiger partial charge < -0.3 is 10.4 Å².